The van der Waals surface area contributed by atoms with E-state index in [9.17, 15) is 14.4 Å². The summed E-state index contributed by atoms with van der Waals surface area (Å²) in [6, 6.07) is 20.4. The monoisotopic (exact) mass is 509 g/mol. The highest BCUT2D eigenvalue weighted by molar-refractivity contribution is 6.05. The average molecular weight is 510 g/mol. The van der Waals surface area contributed by atoms with Gasteiger partial charge >= 0.3 is 6.09 Å². The number of nitrogens with one attached hydrogen (secondary N) is 2. The summed E-state index contributed by atoms with van der Waals surface area (Å²) in [5.74, 6) is -0.164. The number of aromatic nitrogens is 2. The number of fused-ring (bicyclic) bond motifs is 2. The van der Waals surface area contributed by atoms with E-state index in [-0.39, 0.29) is 30.4 Å². The topological polar surface area (TPSA) is 108 Å². The number of hydrogen-bond acceptors (Lipinski definition) is 5. The van der Waals surface area contributed by atoms with Gasteiger partial charge in [0.2, 0.25) is 5.91 Å². The third-order valence-corrected chi connectivity index (χ3v) is 7.23. The van der Waals surface area contributed by atoms with E-state index < -0.39 is 0 Å². The van der Waals surface area contributed by atoms with Crippen molar-refractivity contribution < 1.29 is 19.1 Å². The molecule has 0 atom stereocenters. The molecule has 38 heavy (non-hydrogen) atoms. The highest BCUT2D eigenvalue weighted by atomic mass is 16.6. The number of nitrogens with zero attached hydrogens (tertiary/aromatic N) is 3. The average Bonchev–Trinajstić information content (AvgIpc) is 3.42. The molecule has 0 saturated carbocycles. The van der Waals surface area contributed by atoms with Crippen molar-refractivity contribution in [3.8, 4) is 0 Å². The molecule has 4 aromatic rings. The molecule has 1 fully saturated rings. The molecule has 2 aliphatic heterocycles. The summed E-state index contributed by atoms with van der Waals surface area (Å²) < 4.78 is 5.37. The first-order chi connectivity index (χ1) is 18.5. The van der Waals surface area contributed by atoms with E-state index in [0.717, 1.165) is 27.8 Å². The Bertz CT molecular complexity index is 1500. The lowest BCUT2D eigenvalue weighted by atomic mass is 10.00. The highest BCUT2D eigenvalue weighted by Crippen LogP contribution is 2.32. The molecular formula is C29H27N5O4. The van der Waals surface area contributed by atoms with Crippen molar-refractivity contribution in [1.29, 1.82) is 0 Å². The number of cyclic esters (lactones) is 1. The maximum atomic E-state index is 13.0. The van der Waals surface area contributed by atoms with Gasteiger partial charge in [-0.05, 0) is 54.8 Å². The van der Waals surface area contributed by atoms with E-state index in [0.29, 0.717) is 43.8 Å². The van der Waals surface area contributed by atoms with Crippen LogP contribution in [0.2, 0.25) is 0 Å². The molecule has 0 spiro atoms. The van der Waals surface area contributed by atoms with Crippen molar-refractivity contribution in [3.05, 3.63) is 89.7 Å². The first-order valence-corrected chi connectivity index (χ1v) is 12.7. The highest BCUT2D eigenvalue weighted by Gasteiger charge is 2.34. The van der Waals surface area contributed by atoms with E-state index in [1.54, 1.807) is 41.6 Å². The van der Waals surface area contributed by atoms with Crippen molar-refractivity contribution in [3.63, 3.8) is 0 Å². The minimum absolute atomic E-state index is 0.00451. The third-order valence-electron chi connectivity index (χ3n) is 7.23. The Morgan fingerprint density at radius 2 is 1.82 bits per heavy atom. The number of amides is 3. The Balaban J connectivity index is 1.03. The number of carbonyl (C=O) groups excluding carboxylic acids is 3. The Morgan fingerprint density at radius 1 is 1.03 bits per heavy atom. The van der Waals surface area contributed by atoms with Gasteiger partial charge in [0, 0.05) is 35.9 Å². The molecule has 6 rings (SSSR count). The lowest BCUT2D eigenvalue weighted by molar-refractivity contribution is -0.131. The van der Waals surface area contributed by atoms with Crippen LogP contribution >= 0.6 is 0 Å². The molecule has 3 amide bonds. The van der Waals surface area contributed by atoms with Gasteiger partial charge in [0.15, 0.2) is 0 Å². The number of carbonyl (C=O) groups is 3. The van der Waals surface area contributed by atoms with E-state index in [2.05, 4.69) is 15.3 Å². The molecule has 1 saturated heterocycles. The SMILES string of the molecule is O=C(Nc1ccc(CC(=O)N2CCC(N3C(=O)OCc4ccccc43)CC2)cc1)c1ccc2nc[nH]c2c1. The third kappa shape index (κ3) is 4.70. The van der Waals surface area contributed by atoms with Gasteiger partial charge in [-0.1, -0.05) is 30.3 Å². The molecular weight excluding hydrogens is 482 g/mol. The zero-order valence-electron chi connectivity index (χ0n) is 20.7. The van der Waals surface area contributed by atoms with Crippen LogP contribution in [0.4, 0.5) is 16.2 Å². The number of para-hydroxylation sites is 1. The summed E-state index contributed by atoms with van der Waals surface area (Å²) in [7, 11) is 0. The summed E-state index contributed by atoms with van der Waals surface area (Å²) in [5, 5.41) is 2.89. The van der Waals surface area contributed by atoms with Gasteiger partial charge in [0.25, 0.3) is 5.91 Å². The van der Waals surface area contributed by atoms with E-state index in [4.69, 9.17) is 4.74 Å². The molecule has 0 radical (unpaired) electrons. The van der Waals surface area contributed by atoms with Gasteiger partial charge < -0.3 is 19.9 Å². The van der Waals surface area contributed by atoms with Gasteiger partial charge in [-0.3, -0.25) is 14.5 Å². The molecule has 3 heterocycles. The van der Waals surface area contributed by atoms with Gasteiger partial charge in [0.05, 0.1) is 29.5 Å². The van der Waals surface area contributed by atoms with Crippen molar-refractivity contribution in [2.75, 3.05) is 23.3 Å². The van der Waals surface area contributed by atoms with Gasteiger partial charge in [-0.15, -0.1) is 0 Å². The van der Waals surface area contributed by atoms with Gasteiger partial charge in [0.1, 0.15) is 6.61 Å². The minimum atomic E-state index is -0.317. The van der Waals surface area contributed by atoms with Crippen LogP contribution in [-0.4, -0.2) is 51.9 Å². The van der Waals surface area contributed by atoms with E-state index in [1.165, 1.54) is 0 Å². The quantitative estimate of drug-likeness (QED) is 0.412. The maximum absolute atomic E-state index is 13.0. The molecule has 3 aromatic carbocycles. The summed E-state index contributed by atoms with van der Waals surface area (Å²) >= 11 is 0. The lowest BCUT2D eigenvalue weighted by Gasteiger charge is -2.40. The number of benzene rings is 3. The number of likely N-dealkylation sites (tertiary alicyclic amines) is 1. The van der Waals surface area contributed by atoms with Crippen molar-refractivity contribution in [2.45, 2.75) is 31.9 Å². The van der Waals surface area contributed by atoms with Crippen LogP contribution < -0.4 is 10.2 Å². The number of rotatable bonds is 5. The molecule has 192 valence electrons. The zero-order valence-corrected chi connectivity index (χ0v) is 20.7. The fourth-order valence-corrected chi connectivity index (χ4v) is 5.17. The Labute approximate surface area is 219 Å². The molecule has 9 heteroatoms. The molecule has 2 N–H and O–H groups in total. The van der Waals surface area contributed by atoms with Crippen LogP contribution in [0.25, 0.3) is 11.0 Å². The largest absolute Gasteiger partial charge is 0.444 e. The first kappa shape index (κ1) is 23.7. The summed E-state index contributed by atoms with van der Waals surface area (Å²) in [4.78, 5) is 48.9. The zero-order chi connectivity index (χ0) is 26.1. The van der Waals surface area contributed by atoms with Crippen molar-refractivity contribution >= 4 is 40.3 Å². The Morgan fingerprint density at radius 3 is 2.63 bits per heavy atom. The molecule has 9 nitrogen and oxygen atoms in total. The summed E-state index contributed by atoms with van der Waals surface area (Å²) in [5.41, 5.74) is 5.58. The Hall–Kier alpha value is -4.66. The molecule has 0 bridgehead atoms. The number of anilines is 2. The number of piperidine rings is 1. The van der Waals surface area contributed by atoms with Crippen molar-refractivity contribution in [1.82, 2.24) is 14.9 Å². The standard InChI is InChI=1S/C29H27N5O4/c35-27(33-13-11-23(12-14-33)34-26-4-2-1-3-21(26)17-38-29(34)37)15-19-5-8-22(9-6-19)32-28(36)20-7-10-24-25(16-20)31-18-30-24/h1-10,16,18,23H,11-15,17H2,(H,30,31)(H,32,36). The number of imidazole rings is 1. The molecule has 1 aromatic heterocycles. The van der Waals surface area contributed by atoms with Crippen LogP contribution in [0, 0.1) is 0 Å². The molecule has 2 aliphatic rings. The van der Waals surface area contributed by atoms with E-state index in [1.807, 2.05) is 41.3 Å². The van der Waals surface area contributed by atoms with Crippen LogP contribution in [0.5, 0.6) is 0 Å². The summed E-state index contributed by atoms with van der Waals surface area (Å²) in [6.45, 7) is 1.47. The fraction of sp³-hybridized carbons (Fsp3) is 0.241. The lowest BCUT2D eigenvalue weighted by Crippen LogP contribution is -2.50. The molecule has 0 unspecified atom stereocenters. The minimum Gasteiger partial charge on any atom is -0.444 e. The smallest absolute Gasteiger partial charge is 0.414 e. The number of ether oxygens (including phenoxy) is 1. The van der Waals surface area contributed by atoms with Crippen LogP contribution in [0.3, 0.4) is 0 Å². The normalized spacial score (nSPS) is 15.7. The second-order valence-corrected chi connectivity index (χ2v) is 9.63. The number of aromatic amines is 1. The first-order valence-electron chi connectivity index (χ1n) is 12.7. The van der Waals surface area contributed by atoms with Crippen LogP contribution in [0.15, 0.2) is 73.1 Å². The van der Waals surface area contributed by atoms with Gasteiger partial charge in [-0.25, -0.2) is 9.78 Å². The fourth-order valence-electron chi connectivity index (χ4n) is 5.17. The predicted octanol–water partition coefficient (Wildman–Crippen LogP) is 4.51. The maximum Gasteiger partial charge on any atom is 0.414 e. The van der Waals surface area contributed by atoms with Crippen molar-refractivity contribution in [2.24, 2.45) is 0 Å². The van der Waals surface area contributed by atoms with E-state index >= 15 is 0 Å². The second-order valence-electron chi connectivity index (χ2n) is 9.63. The van der Waals surface area contributed by atoms with Crippen LogP contribution in [-0.2, 0) is 22.6 Å². The number of hydrogen-bond donors (Lipinski definition) is 2. The number of H-pyrrole nitrogens is 1. The Kier molecular flexibility index (Phi) is 6.25. The second kappa shape index (κ2) is 10.0. The summed E-state index contributed by atoms with van der Waals surface area (Å²) in [6.07, 6.45) is 2.96. The predicted molar refractivity (Wildman–Crippen MR) is 143 cm³/mol. The van der Waals surface area contributed by atoms with Crippen LogP contribution in [0.1, 0.15) is 34.3 Å². The van der Waals surface area contributed by atoms with Gasteiger partial charge in [-0.2, -0.15) is 0 Å². The molecule has 0 aliphatic carbocycles.